The Morgan fingerprint density at radius 2 is 1.84 bits per heavy atom. The highest BCUT2D eigenvalue weighted by atomic mass is 32.2. The number of benzene rings is 2. The molecule has 9 nitrogen and oxygen atoms in total. The number of hydrogen-bond acceptors (Lipinski definition) is 6. The normalized spacial score (nSPS) is 17.9. The molecule has 1 aromatic heterocycles. The molecule has 1 saturated heterocycles. The second kappa shape index (κ2) is 10.2. The Kier molecular flexibility index (Phi) is 7.07. The van der Waals surface area contributed by atoms with Crippen LogP contribution in [0.5, 0.6) is 0 Å². The summed E-state index contributed by atoms with van der Waals surface area (Å²) >= 11 is 0. The van der Waals surface area contributed by atoms with Crippen LogP contribution in [-0.2, 0) is 33.4 Å². The zero-order valence-corrected chi connectivity index (χ0v) is 21.9. The van der Waals surface area contributed by atoms with E-state index in [4.69, 9.17) is 4.74 Å². The lowest BCUT2D eigenvalue weighted by Gasteiger charge is -2.30. The zero-order valence-electron chi connectivity index (χ0n) is 21.1. The van der Waals surface area contributed by atoms with E-state index in [-0.39, 0.29) is 18.3 Å². The first-order valence-electron chi connectivity index (χ1n) is 12.3. The minimum absolute atomic E-state index is 0.137. The van der Waals surface area contributed by atoms with Crippen LogP contribution in [0.15, 0.2) is 47.4 Å². The number of sulfonamides is 1. The molecule has 5 rings (SSSR count). The first kappa shape index (κ1) is 26.4. The van der Waals surface area contributed by atoms with Gasteiger partial charge in [-0.05, 0) is 50.5 Å². The summed E-state index contributed by atoms with van der Waals surface area (Å²) < 4.78 is 60.9. The van der Waals surface area contributed by atoms with E-state index in [0.29, 0.717) is 48.7 Å². The minimum Gasteiger partial charge on any atom is -0.381 e. The molecule has 0 unspecified atom stereocenters. The van der Waals surface area contributed by atoms with Gasteiger partial charge in [-0.25, -0.2) is 17.2 Å². The summed E-state index contributed by atoms with van der Waals surface area (Å²) in [6, 6.07) is 9.75. The van der Waals surface area contributed by atoms with Gasteiger partial charge in [0.15, 0.2) is 5.82 Å². The number of carbonyl (C=O) groups is 1. The van der Waals surface area contributed by atoms with Gasteiger partial charge in [0.1, 0.15) is 11.6 Å². The molecule has 0 bridgehead atoms. The average Bonchev–Trinajstić information content (AvgIpc) is 3.41. The Morgan fingerprint density at radius 3 is 2.55 bits per heavy atom. The smallest absolute Gasteiger partial charge is 0.257 e. The molecule has 202 valence electrons. The summed E-state index contributed by atoms with van der Waals surface area (Å²) in [6.45, 7) is 5.11. The fraction of sp³-hybridized carbons (Fsp3) is 0.385. The van der Waals surface area contributed by atoms with Crippen molar-refractivity contribution in [3.05, 3.63) is 76.5 Å². The molecule has 0 atom stereocenters. The van der Waals surface area contributed by atoms with Crippen molar-refractivity contribution in [3.63, 3.8) is 0 Å². The summed E-state index contributed by atoms with van der Waals surface area (Å²) in [7, 11) is -4.28. The summed E-state index contributed by atoms with van der Waals surface area (Å²) in [5.74, 6) is -2.15. The molecule has 0 aliphatic carbocycles. The summed E-state index contributed by atoms with van der Waals surface area (Å²) in [5, 5.41) is 13.4. The van der Waals surface area contributed by atoms with Crippen molar-refractivity contribution >= 4 is 21.7 Å². The molecule has 3 aromatic rings. The number of nitrogens with zero attached hydrogens (tertiary/aromatic N) is 2. The number of nitrogens with one attached hydrogen (secondary N) is 3. The van der Waals surface area contributed by atoms with Gasteiger partial charge < -0.3 is 15.4 Å². The predicted molar refractivity (Wildman–Crippen MR) is 136 cm³/mol. The van der Waals surface area contributed by atoms with Crippen LogP contribution in [0.3, 0.4) is 0 Å². The molecule has 0 radical (unpaired) electrons. The molecule has 2 aliphatic heterocycles. The molecular formula is C26H29F2N5O4S. The fourth-order valence-corrected chi connectivity index (χ4v) is 6.78. The number of rotatable bonds is 7. The minimum atomic E-state index is -4.28. The number of halogens is 2. The molecule has 1 fully saturated rings. The molecule has 2 aromatic carbocycles. The van der Waals surface area contributed by atoms with Crippen LogP contribution in [0.2, 0.25) is 0 Å². The van der Waals surface area contributed by atoms with E-state index in [1.807, 2.05) is 12.1 Å². The number of hydrogen-bond donors (Lipinski definition) is 3. The molecule has 38 heavy (non-hydrogen) atoms. The lowest BCUT2D eigenvalue weighted by Crippen LogP contribution is -2.40. The van der Waals surface area contributed by atoms with E-state index in [9.17, 15) is 22.0 Å². The molecule has 3 heterocycles. The number of carbonyl (C=O) groups excluding carboxylic acids is 1. The van der Waals surface area contributed by atoms with Crippen molar-refractivity contribution in [2.45, 2.75) is 56.3 Å². The zero-order chi connectivity index (χ0) is 27.1. The molecule has 3 N–H and O–H groups in total. The summed E-state index contributed by atoms with van der Waals surface area (Å²) in [6.07, 6.45) is 1.82. The van der Waals surface area contributed by atoms with E-state index in [1.165, 1.54) is 0 Å². The van der Waals surface area contributed by atoms with Crippen LogP contribution in [0.1, 0.15) is 53.9 Å². The Balaban J connectivity index is 1.36. The van der Waals surface area contributed by atoms with E-state index >= 15 is 0 Å². The highest BCUT2D eigenvalue weighted by Gasteiger charge is 2.48. The summed E-state index contributed by atoms with van der Waals surface area (Å²) in [5.41, 5.74) is 1.16. The lowest BCUT2D eigenvalue weighted by atomic mass is 10.0. The lowest BCUT2D eigenvalue weighted by molar-refractivity contribution is 0.0775. The van der Waals surface area contributed by atoms with Gasteiger partial charge in [0.25, 0.3) is 5.91 Å². The number of H-pyrrole nitrogens is 1. The number of fused-ring (bicyclic) bond motifs is 1. The highest BCUT2D eigenvalue weighted by molar-refractivity contribution is 7.89. The second-order valence-corrected chi connectivity index (χ2v) is 11.8. The molecule has 2 aliphatic rings. The third-order valence-corrected chi connectivity index (χ3v) is 9.12. The van der Waals surface area contributed by atoms with Crippen molar-refractivity contribution < 1.29 is 26.7 Å². The highest BCUT2D eigenvalue weighted by Crippen LogP contribution is 2.43. The van der Waals surface area contributed by atoms with Gasteiger partial charge in [0.05, 0.1) is 16.1 Å². The van der Waals surface area contributed by atoms with Crippen molar-refractivity contribution in [1.29, 1.82) is 0 Å². The Bertz CT molecular complexity index is 1450. The van der Waals surface area contributed by atoms with E-state index in [0.717, 1.165) is 34.8 Å². The molecule has 0 saturated carbocycles. The van der Waals surface area contributed by atoms with Crippen LogP contribution in [0.25, 0.3) is 0 Å². The maximum atomic E-state index is 13.8. The van der Waals surface area contributed by atoms with Crippen molar-refractivity contribution in [2.24, 2.45) is 0 Å². The SMILES string of the molecule is CC1(C)c2[nH]nc(NC(=O)c3ccccc3CNC3CCOCC3)c2CN1S(=O)(=O)c1cc(F)cc(F)c1. The number of aromatic amines is 1. The van der Waals surface area contributed by atoms with Crippen LogP contribution in [0.4, 0.5) is 14.6 Å². The van der Waals surface area contributed by atoms with Gasteiger partial charge in [-0.1, -0.05) is 18.2 Å². The maximum absolute atomic E-state index is 13.8. The molecular weight excluding hydrogens is 516 g/mol. The monoisotopic (exact) mass is 545 g/mol. The van der Waals surface area contributed by atoms with Gasteiger partial charge in [0.2, 0.25) is 10.0 Å². The van der Waals surface area contributed by atoms with E-state index in [2.05, 4.69) is 20.8 Å². The van der Waals surface area contributed by atoms with E-state index < -0.39 is 32.1 Å². The largest absolute Gasteiger partial charge is 0.381 e. The third-order valence-electron chi connectivity index (χ3n) is 7.12. The van der Waals surface area contributed by atoms with Crippen LogP contribution < -0.4 is 10.6 Å². The van der Waals surface area contributed by atoms with Gasteiger partial charge in [-0.2, -0.15) is 9.40 Å². The van der Waals surface area contributed by atoms with Gasteiger partial charge in [-0.15, -0.1) is 0 Å². The summed E-state index contributed by atoms with van der Waals surface area (Å²) in [4.78, 5) is 12.8. The standard InChI is InChI=1S/C26H29F2N5O4S/c1-26(2)23-22(15-33(26)38(35,36)20-12-17(27)11-18(28)13-20)24(32-31-23)30-25(34)21-6-4-3-5-16(21)14-29-19-7-9-37-10-8-19/h3-6,11-13,19,29H,7-10,14-15H2,1-2H3,(H2,30,31,32,34). The number of amides is 1. The van der Waals surface area contributed by atoms with Gasteiger partial charge in [-0.3, -0.25) is 9.89 Å². The maximum Gasteiger partial charge on any atom is 0.257 e. The van der Waals surface area contributed by atoms with E-state index in [1.54, 1.807) is 26.0 Å². The van der Waals surface area contributed by atoms with Crippen LogP contribution in [-0.4, -0.2) is 48.1 Å². The molecule has 1 amide bonds. The van der Waals surface area contributed by atoms with Crippen molar-refractivity contribution in [1.82, 2.24) is 19.8 Å². The Labute approximate surface area is 219 Å². The fourth-order valence-electron chi connectivity index (χ4n) is 5.01. The molecule has 0 spiro atoms. The van der Waals surface area contributed by atoms with Crippen molar-refractivity contribution in [2.75, 3.05) is 18.5 Å². The first-order valence-corrected chi connectivity index (χ1v) is 13.8. The van der Waals surface area contributed by atoms with Crippen LogP contribution >= 0.6 is 0 Å². The number of anilines is 1. The van der Waals surface area contributed by atoms with Crippen LogP contribution in [0, 0.1) is 11.6 Å². The van der Waals surface area contributed by atoms with Gasteiger partial charge >= 0.3 is 0 Å². The molecule has 12 heteroatoms. The van der Waals surface area contributed by atoms with Crippen molar-refractivity contribution in [3.8, 4) is 0 Å². The quantitative estimate of drug-likeness (QED) is 0.418. The second-order valence-electron chi connectivity index (χ2n) is 9.98. The topological polar surface area (TPSA) is 116 Å². The Morgan fingerprint density at radius 1 is 1.16 bits per heavy atom. The Hall–Kier alpha value is -3.19. The average molecular weight is 546 g/mol. The third kappa shape index (κ3) is 4.96. The predicted octanol–water partition coefficient (Wildman–Crippen LogP) is 3.65. The van der Waals surface area contributed by atoms with Gasteiger partial charge in [0, 0.05) is 49.5 Å². The number of ether oxygens (including phenoxy) is 1. The first-order chi connectivity index (χ1) is 18.1. The number of aromatic nitrogens is 2.